The molecular weight excluding hydrogens is 509 g/mol. The fourth-order valence-corrected chi connectivity index (χ4v) is 4.88. The molecule has 39 heavy (non-hydrogen) atoms. The Labute approximate surface area is 225 Å². The van der Waals surface area contributed by atoms with E-state index in [1.165, 1.54) is 13.0 Å². The van der Waals surface area contributed by atoms with Crippen molar-refractivity contribution >= 4 is 11.8 Å². The summed E-state index contributed by atoms with van der Waals surface area (Å²) in [5.41, 5.74) is 0.623. The first kappa shape index (κ1) is 28.4. The summed E-state index contributed by atoms with van der Waals surface area (Å²) in [6.07, 6.45) is -5.04. The first-order valence-corrected chi connectivity index (χ1v) is 12.7. The molecule has 0 spiro atoms. The minimum atomic E-state index is -4.83. The highest BCUT2D eigenvalue weighted by Gasteiger charge is 2.41. The minimum absolute atomic E-state index is 0.0137. The third-order valence-corrected chi connectivity index (χ3v) is 6.42. The third-order valence-electron chi connectivity index (χ3n) is 6.42. The second kappa shape index (κ2) is 10.8. The summed E-state index contributed by atoms with van der Waals surface area (Å²) in [6.45, 7) is 6.84. The molecule has 0 saturated heterocycles. The SMILES string of the molecule is CC(=O)Cc1ccc(-c2ccc(C(F)(F)F)c(C(OC(C)(C)C)C(=O)O)c2-c2ccc3c(c2)CCCO3)cc1. The maximum Gasteiger partial charge on any atom is 0.416 e. The molecule has 0 amide bonds. The zero-order chi connectivity index (χ0) is 28.5. The van der Waals surface area contributed by atoms with Gasteiger partial charge in [-0.05, 0) is 92.1 Å². The normalized spacial score (nSPS) is 14.3. The zero-order valence-electron chi connectivity index (χ0n) is 22.3. The maximum absolute atomic E-state index is 14.5. The molecule has 0 aliphatic carbocycles. The summed E-state index contributed by atoms with van der Waals surface area (Å²) in [5.74, 6) is -0.874. The zero-order valence-corrected chi connectivity index (χ0v) is 22.3. The average molecular weight is 541 g/mol. The molecule has 8 heteroatoms. The molecule has 0 fully saturated rings. The van der Waals surface area contributed by atoms with E-state index >= 15 is 0 Å². The van der Waals surface area contributed by atoms with Gasteiger partial charge < -0.3 is 14.6 Å². The Hall–Kier alpha value is -3.65. The van der Waals surface area contributed by atoms with Gasteiger partial charge >= 0.3 is 12.1 Å². The summed E-state index contributed by atoms with van der Waals surface area (Å²) < 4.78 is 54.9. The first-order chi connectivity index (χ1) is 18.2. The summed E-state index contributed by atoms with van der Waals surface area (Å²) >= 11 is 0. The van der Waals surface area contributed by atoms with Crippen molar-refractivity contribution in [2.75, 3.05) is 6.61 Å². The van der Waals surface area contributed by atoms with Crippen LogP contribution in [0, 0.1) is 0 Å². The van der Waals surface area contributed by atoms with E-state index < -0.39 is 35.0 Å². The van der Waals surface area contributed by atoms with E-state index in [1.807, 2.05) is 0 Å². The number of rotatable bonds is 7. The van der Waals surface area contributed by atoms with E-state index in [4.69, 9.17) is 9.47 Å². The van der Waals surface area contributed by atoms with Crippen LogP contribution < -0.4 is 4.74 Å². The number of alkyl halides is 3. The number of carboxylic acids is 1. The molecule has 5 nitrogen and oxygen atoms in total. The van der Waals surface area contributed by atoms with Gasteiger partial charge in [-0.1, -0.05) is 36.4 Å². The van der Waals surface area contributed by atoms with Crippen LogP contribution in [0.1, 0.15) is 62.5 Å². The maximum atomic E-state index is 14.5. The second-order valence-electron chi connectivity index (χ2n) is 10.7. The quantitative estimate of drug-likeness (QED) is 0.337. The van der Waals surface area contributed by atoms with Crippen molar-refractivity contribution in [2.24, 2.45) is 0 Å². The first-order valence-electron chi connectivity index (χ1n) is 12.7. The lowest BCUT2D eigenvalue weighted by Gasteiger charge is -2.30. The van der Waals surface area contributed by atoms with Gasteiger partial charge in [-0.3, -0.25) is 4.79 Å². The number of halogens is 3. The molecule has 1 aliphatic heterocycles. The Kier molecular flexibility index (Phi) is 7.89. The van der Waals surface area contributed by atoms with Gasteiger partial charge in [0.05, 0.1) is 17.8 Å². The molecule has 4 rings (SSSR count). The summed E-state index contributed by atoms with van der Waals surface area (Å²) in [7, 11) is 0. The van der Waals surface area contributed by atoms with Crippen LogP contribution in [0.5, 0.6) is 5.75 Å². The van der Waals surface area contributed by atoms with Crippen molar-refractivity contribution in [1.82, 2.24) is 0 Å². The number of hydrogen-bond acceptors (Lipinski definition) is 4. The van der Waals surface area contributed by atoms with Gasteiger partial charge in [-0.15, -0.1) is 0 Å². The molecule has 1 heterocycles. The van der Waals surface area contributed by atoms with Gasteiger partial charge in [0, 0.05) is 12.0 Å². The third kappa shape index (κ3) is 6.50. The average Bonchev–Trinajstić information content (AvgIpc) is 2.85. The van der Waals surface area contributed by atoms with E-state index in [9.17, 15) is 27.9 Å². The number of aryl methyl sites for hydroxylation is 1. The molecule has 3 aromatic carbocycles. The van der Waals surface area contributed by atoms with Crippen molar-refractivity contribution in [2.45, 2.75) is 64.8 Å². The highest BCUT2D eigenvalue weighted by molar-refractivity contribution is 5.91. The van der Waals surface area contributed by atoms with Crippen molar-refractivity contribution in [3.63, 3.8) is 0 Å². The van der Waals surface area contributed by atoms with Crippen LogP contribution in [0.4, 0.5) is 13.2 Å². The number of carboxylic acid groups (broad SMARTS) is 1. The summed E-state index contributed by atoms with van der Waals surface area (Å²) in [5, 5.41) is 10.2. The molecular formula is C31H31F3O5. The van der Waals surface area contributed by atoms with Crippen LogP contribution in [0.25, 0.3) is 22.3 Å². The monoisotopic (exact) mass is 540 g/mol. The summed E-state index contributed by atoms with van der Waals surface area (Å²) in [6, 6.07) is 14.4. The Morgan fingerprint density at radius 3 is 2.26 bits per heavy atom. The topological polar surface area (TPSA) is 72.8 Å². The molecule has 0 radical (unpaired) electrons. The molecule has 3 aromatic rings. The predicted molar refractivity (Wildman–Crippen MR) is 142 cm³/mol. The fraction of sp³-hybridized carbons (Fsp3) is 0.355. The highest BCUT2D eigenvalue weighted by Crippen LogP contribution is 2.47. The van der Waals surface area contributed by atoms with Gasteiger partial charge in [0.2, 0.25) is 0 Å². The molecule has 1 atom stereocenters. The number of carbonyl (C=O) groups excluding carboxylic acids is 1. The number of hydrogen-bond donors (Lipinski definition) is 1. The van der Waals surface area contributed by atoms with Crippen LogP contribution in [0.3, 0.4) is 0 Å². The minimum Gasteiger partial charge on any atom is -0.493 e. The van der Waals surface area contributed by atoms with Crippen molar-refractivity contribution in [1.29, 1.82) is 0 Å². The van der Waals surface area contributed by atoms with Crippen LogP contribution in [-0.4, -0.2) is 29.1 Å². The van der Waals surface area contributed by atoms with Crippen LogP contribution in [-0.2, 0) is 33.3 Å². The van der Waals surface area contributed by atoms with E-state index in [0.29, 0.717) is 35.5 Å². The molecule has 1 N–H and O–H groups in total. The van der Waals surface area contributed by atoms with Crippen LogP contribution >= 0.6 is 0 Å². The number of ether oxygens (including phenoxy) is 2. The van der Waals surface area contributed by atoms with Gasteiger partial charge in [-0.25, -0.2) is 4.79 Å². The smallest absolute Gasteiger partial charge is 0.416 e. The molecule has 206 valence electrons. The second-order valence-corrected chi connectivity index (χ2v) is 10.7. The highest BCUT2D eigenvalue weighted by atomic mass is 19.4. The molecule has 1 unspecified atom stereocenters. The molecule has 1 aliphatic rings. The van der Waals surface area contributed by atoms with Crippen LogP contribution in [0.15, 0.2) is 54.6 Å². The molecule has 0 aromatic heterocycles. The largest absolute Gasteiger partial charge is 0.493 e. The lowest BCUT2D eigenvalue weighted by Crippen LogP contribution is -2.29. The standard InChI is InChI=1S/C31H31F3O5/c1-18(35)16-19-7-9-20(10-8-19)23-12-13-24(31(32,33)34)27(28(29(36)37)39-30(2,3)4)26(23)22-11-14-25-21(17-22)6-5-15-38-25/h7-14,17,28H,5-6,15-16H2,1-4H3,(H,36,37). The number of carbonyl (C=O) groups is 2. The number of ketones is 1. The number of fused-ring (bicyclic) bond motifs is 1. The lowest BCUT2D eigenvalue weighted by atomic mass is 9.84. The van der Waals surface area contributed by atoms with E-state index in [-0.39, 0.29) is 17.8 Å². The Bertz CT molecular complexity index is 1390. The van der Waals surface area contributed by atoms with Crippen molar-refractivity contribution < 1.29 is 37.3 Å². The van der Waals surface area contributed by atoms with Crippen molar-refractivity contribution in [3.05, 3.63) is 76.9 Å². The lowest BCUT2D eigenvalue weighted by molar-refractivity contribution is -0.163. The van der Waals surface area contributed by atoms with Crippen LogP contribution in [0.2, 0.25) is 0 Å². The van der Waals surface area contributed by atoms with Gasteiger partial charge in [0.1, 0.15) is 11.5 Å². The van der Waals surface area contributed by atoms with Gasteiger partial charge in [0.25, 0.3) is 0 Å². The molecule has 0 saturated carbocycles. The number of aliphatic carboxylic acids is 1. The van der Waals surface area contributed by atoms with Gasteiger partial charge in [0.15, 0.2) is 6.10 Å². The number of benzene rings is 3. The summed E-state index contributed by atoms with van der Waals surface area (Å²) in [4.78, 5) is 24.1. The fourth-order valence-electron chi connectivity index (χ4n) is 4.88. The predicted octanol–water partition coefficient (Wildman–Crippen LogP) is 7.44. The van der Waals surface area contributed by atoms with Gasteiger partial charge in [-0.2, -0.15) is 13.2 Å². The molecule has 0 bridgehead atoms. The number of Topliss-reactive ketones (excluding diaryl/α,β-unsaturated/α-hetero) is 1. The Morgan fingerprint density at radius 2 is 1.67 bits per heavy atom. The Morgan fingerprint density at radius 1 is 1.00 bits per heavy atom. The Balaban J connectivity index is 2.06. The van der Waals surface area contributed by atoms with E-state index in [2.05, 4.69) is 0 Å². The van der Waals surface area contributed by atoms with E-state index in [1.54, 1.807) is 63.2 Å². The van der Waals surface area contributed by atoms with E-state index in [0.717, 1.165) is 23.6 Å². The van der Waals surface area contributed by atoms with Crippen molar-refractivity contribution in [3.8, 4) is 28.0 Å².